The maximum Gasteiger partial charge on any atom is 0.291 e. The van der Waals surface area contributed by atoms with Crippen LogP contribution in [0.3, 0.4) is 0 Å². The van der Waals surface area contributed by atoms with E-state index >= 15 is 0 Å². The van der Waals surface area contributed by atoms with Crippen LogP contribution in [-0.2, 0) is 6.54 Å². The molecule has 2 heterocycles. The van der Waals surface area contributed by atoms with E-state index in [2.05, 4.69) is 26.3 Å². The molecule has 3 aromatic rings. The number of halogens is 2. The minimum atomic E-state index is -0.314. The van der Waals surface area contributed by atoms with Crippen molar-refractivity contribution in [2.24, 2.45) is 0 Å². The number of aryl methyl sites for hydroxylation is 2. The molecule has 0 radical (unpaired) electrons. The fourth-order valence-electron chi connectivity index (χ4n) is 2.47. The molecule has 0 bridgehead atoms. The highest BCUT2D eigenvalue weighted by molar-refractivity contribution is 9.10. The molecule has 0 aliphatic rings. The Morgan fingerprint density at radius 1 is 1.28 bits per heavy atom. The molecule has 0 saturated carbocycles. The number of aromatic nitrogens is 2. The second-order valence-electron chi connectivity index (χ2n) is 5.82. The van der Waals surface area contributed by atoms with Gasteiger partial charge in [-0.05, 0) is 66.5 Å². The molecular weight excluding hydrogens is 406 g/mol. The fourth-order valence-corrected chi connectivity index (χ4v) is 2.93. The van der Waals surface area contributed by atoms with Crippen LogP contribution in [-0.4, -0.2) is 15.7 Å². The Morgan fingerprint density at radius 2 is 2.04 bits per heavy atom. The zero-order chi connectivity index (χ0) is 18.1. The Balaban J connectivity index is 1.75. The highest BCUT2D eigenvalue weighted by Gasteiger charge is 2.15. The van der Waals surface area contributed by atoms with Crippen LogP contribution < -0.4 is 5.32 Å². The van der Waals surface area contributed by atoms with Crippen molar-refractivity contribution in [3.8, 4) is 0 Å². The summed E-state index contributed by atoms with van der Waals surface area (Å²) in [4.78, 5) is 12.4. The van der Waals surface area contributed by atoms with Crippen molar-refractivity contribution in [3.05, 3.63) is 68.3 Å². The summed E-state index contributed by atoms with van der Waals surface area (Å²) in [5.41, 5.74) is 3.52. The Hall–Kier alpha value is -2.05. The van der Waals surface area contributed by atoms with Crippen molar-refractivity contribution in [2.75, 3.05) is 5.32 Å². The predicted octanol–water partition coefficient (Wildman–Crippen LogP) is 5.12. The first kappa shape index (κ1) is 17.8. The maximum atomic E-state index is 12.4. The summed E-state index contributed by atoms with van der Waals surface area (Å²) in [5, 5.41) is 7.83. The number of furan rings is 1. The van der Waals surface area contributed by atoms with Crippen LogP contribution in [0.2, 0.25) is 5.02 Å². The second kappa shape index (κ2) is 7.06. The Kier molecular flexibility index (Phi) is 5.01. The van der Waals surface area contributed by atoms with Crippen LogP contribution in [0.1, 0.15) is 33.3 Å². The number of hydrogen-bond donors (Lipinski definition) is 1. The lowest BCUT2D eigenvalue weighted by Gasteiger charge is -2.07. The molecule has 25 heavy (non-hydrogen) atoms. The summed E-state index contributed by atoms with van der Waals surface area (Å²) < 4.78 is 8.49. The van der Waals surface area contributed by atoms with E-state index < -0.39 is 0 Å². The lowest BCUT2D eigenvalue weighted by atomic mass is 10.2. The Morgan fingerprint density at radius 3 is 2.72 bits per heavy atom. The van der Waals surface area contributed by atoms with E-state index in [0.29, 0.717) is 23.0 Å². The van der Waals surface area contributed by atoms with E-state index in [-0.39, 0.29) is 11.7 Å². The van der Waals surface area contributed by atoms with Crippen LogP contribution >= 0.6 is 27.5 Å². The van der Waals surface area contributed by atoms with Gasteiger partial charge in [0, 0.05) is 10.7 Å². The Bertz CT molecular complexity index is 946. The summed E-state index contributed by atoms with van der Waals surface area (Å²) in [7, 11) is 0. The zero-order valence-corrected chi connectivity index (χ0v) is 16.4. The molecule has 0 aliphatic carbocycles. The van der Waals surface area contributed by atoms with Crippen LogP contribution in [0.25, 0.3) is 0 Å². The topological polar surface area (TPSA) is 60.1 Å². The molecule has 7 heteroatoms. The van der Waals surface area contributed by atoms with Crippen LogP contribution in [0.15, 0.2) is 39.2 Å². The van der Waals surface area contributed by atoms with E-state index in [1.54, 1.807) is 24.3 Å². The summed E-state index contributed by atoms with van der Waals surface area (Å²) in [6, 6.07) is 8.79. The largest absolute Gasteiger partial charge is 0.454 e. The van der Waals surface area contributed by atoms with E-state index in [4.69, 9.17) is 16.0 Å². The van der Waals surface area contributed by atoms with Crippen LogP contribution in [0, 0.1) is 20.8 Å². The third-order valence-corrected chi connectivity index (χ3v) is 5.31. The van der Waals surface area contributed by atoms with Gasteiger partial charge in [-0.15, -0.1) is 0 Å². The number of benzene rings is 1. The molecular formula is C18H17BrClN3O2. The van der Waals surface area contributed by atoms with Gasteiger partial charge >= 0.3 is 0 Å². The second-order valence-corrected chi connectivity index (χ2v) is 7.05. The van der Waals surface area contributed by atoms with Crippen molar-refractivity contribution in [2.45, 2.75) is 27.3 Å². The SMILES string of the molecule is Cc1ccc(Cl)cc1NC(=O)c1ccc(Cn2nc(C)c(Br)c2C)o1. The van der Waals surface area contributed by atoms with Crippen molar-refractivity contribution >= 4 is 39.1 Å². The van der Waals surface area contributed by atoms with E-state index in [9.17, 15) is 4.79 Å². The first-order valence-corrected chi connectivity index (χ1v) is 8.88. The van der Waals surface area contributed by atoms with Gasteiger partial charge in [0.15, 0.2) is 5.76 Å². The highest BCUT2D eigenvalue weighted by atomic mass is 79.9. The number of carbonyl (C=O) groups is 1. The lowest BCUT2D eigenvalue weighted by Crippen LogP contribution is -2.12. The molecule has 0 fully saturated rings. The van der Waals surface area contributed by atoms with Gasteiger partial charge in [-0.2, -0.15) is 5.10 Å². The summed E-state index contributed by atoms with van der Waals surface area (Å²) >= 11 is 9.48. The minimum Gasteiger partial charge on any atom is -0.454 e. The average Bonchev–Trinajstić information content (AvgIpc) is 3.13. The molecule has 1 aromatic carbocycles. The molecule has 0 spiro atoms. The standard InChI is InChI=1S/C18H17BrClN3O2/c1-10-4-5-13(20)8-15(10)21-18(24)16-7-6-14(25-16)9-23-12(3)17(19)11(2)22-23/h4-8H,9H2,1-3H3,(H,21,24). The smallest absolute Gasteiger partial charge is 0.291 e. The number of rotatable bonds is 4. The van der Waals surface area contributed by atoms with E-state index in [1.807, 2.05) is 31.5 Å². The number of nitrogens with zero attached hydrogens (tertiary/aromatic N) is 2. The van der Waals surface area contributed by atoms with Gasteiger partial charge in [0.1, 0.15) is 5.76 Å². The zero-order valence-electron chi connectivity index (χ0n) is 14.1. The molecule has 0 unspecified atom stereocenters. The Labute approximate surface area is 159 Å². The molecule has 0 atom stereocenters. The van der Waals surface area contributed by atoms with Gasteiger partial charge in [-0.25, -0.2) is 0 Å². The predicted molar refractivity (Wildman–Crippen MR) is 101 cm³/mol. The van der Waals surface area contributed by atoms with Gasteiger partial charge in [0.25, 0.3) is 5.91 Å². The molecule has 1 N–H and O–H groups in total. The van der Waals surface area contributed by atoms with Gasteiger partial charge in [0.2, 0.25) is 0 Å². The summed E-state index contributed by atoms with van der Waals surface area (Å²) in [5.74, 6) is 0.590. The third kappa shape index (κ3) is 3.80. The first-order chi connectivity index (χ1) is 11.8. The maximum absolute atomic E-state index is 12.4. The molecule has 5 nitrogen and oxygen atoms in total. The van der Waals surface area contributed by atoms with Gasteiger partial charge in [0.05, 0.1) is 22.4 Å². The fraction of sp³-hybridized carbons (Fsp3) is 0.222. The van der Waals surface area contributed by atoms with Gasteiger partial charge in [-0.1, -0.05) is 17.7 Å². The van der Waals surface area contributed by atoms with Crippen molar-refractivity contribution in [3.63, 3.8) is 0 Å². The molecule has 2 aromatic heterocycles. The van der Waals surface area contributed by atoms with Crippen LogP contribution in [0.5, 0.6) is 0 Å². The first-order valence-electron chi connectivity index (χ1n) is 7.71. The number of nitrogens with one attached hydrogen (secondary N) is 1. The molecule has 0 aliphatic heterocycles. The normalized spacial score (nSPS) is 10.9. The lowest BCUT2D eigenvalue weighted by molar-refractivity contribution is 0.0994. The summed E-state index contributed by atoms with van der Waals surface area (Å²) in [6.45, 7) is 6.27. The van der Waals surface area contributed by atoms with E-state index in [0.717, 1.165) is 21.4 Å². The number of carbonyl (C=O) groups excluding carboxylic acids is 1. The number of amides is 1. The van der Waals surface area contributed by atoms with Gasteiger partial charge in [-0.3, -0.25) is 9.48 Å². The number of anilines is 1. The van der Waals surface area contributed by atoms with Crippen molar-refractivity contribution in [1.82, 2.24) is 9.78 Å². The van der Waals surface area contributed by atoms with Crippen molar-refractivity contribution < 1.29 is 9.21 Å². The number of hydrogen-bond acceptors (Lipinski definition) is 3. The molecule has 130 valence electrons. The van der Waals surface area contributed by atoms with E-state index in [1.165, 1.54) is 0 Å². The monoisotopic (exact) mass is 421 g/mol. The molecule has 1 amide bonds. The average molecular weight is 423 g/mol. The third-order valence-electron chi connectivity index (χ3n) is 3.93. The summed E-state index contributed by atoms with van der Waals surface area (Å²) in [6.07, 6.45) is 0. The molecule has 0 saturated heterocycles. The van der Waals surface area contributed by atoms with Crippen molar-refractivity contribution in [1.29, 1.82) is 0 Å². The molecule has 3 rings (SSSR count). The van der Waals surface area contributed by atoms with Gasteiger partial charge < -0.3 is 9.73 Å². The quantitative estimate of drug-likeness (QED) is 0.635. The minimum absolute atomic E-state index is 0.245. The highest BCUT2D eigenvalue weighted by Crippen LogP contribution is 2.23. The van der Waals surface area contributed by atoms with Crippen LogP contribution in [0.4, 0.5) is 5.69 Å².